The minimum Gasteiger partial charge on any atom is -0.399 e. The molecule has 0 unspecified atom stereocenters. The fourth-order valence-corrected chi connectivity index (χ4v) is 0.862. The zero-order valence-corrected chi connectivity index (χ0v) is 9.28. The van der Waals surface area contributed by atoms with E-state index in [1.54, 1.807) is 16.8 Å². The van der Waals surface area contributed by atoms with Gasteiger partial charge in [-0.1, -0.05) is 20.4 Å². The topological polar surface area (TPSA) is 56.7 Å². The van der Waals surface area contributed by atoms with Crippen LogP contribution in [0.2, 0.25) is 0 Å². The molecule has 1 rings (SSSR count). The first-order valence-electron chi connectivity index (χ1n) is 4.60. The summed E-state index contributed by atoms with van der Waals surface area (Å²) in [5.74, 6) is 1.48. The van der Waals surface area contributed by atoms with Crippen molar-refractivity contribution in [2.24, 2.45) is 12.8 Å². The molecule has 78 valence electrons. The van der Waals surface area contributed by atoms with Crippen molar-refractivity contribution in [1.82, 2.24) is 14.8 Å². The smallest absolute Gasteiger partial charge is 0.152 e. The van der Waals surface area contributed by atoms with Gasteiger partial charge in [0.15, 0.2) is 5.82 Å². The van der Waals surface area contributed by atoms with Crippen LogP contribution in [0.5, 0.6) is 0 Å². The van der Waals surface area contributed by atoms with Gasteiger partial charge in [-0.25, -0.2) is 9.67 Å². The molecule has 1 aromatic heterocycles. The standard InChI is InChI=1S/C8H12N4.C2H6/c1-4-7(9)5-8-10-6(2)11-12(8)3;1-2/h4-5H,1,9H2,2-3H3;1-2H3/b7-5+;. The molecule has 0 aliphatic carbocycles. The molecule has 0 aliphatic heterocycles. The van der Waals surface area contributed by atoms with Gasteiger partial charge in [0.1, 0.15) is 5.82 Å². The first-order chi connectivity index (χ1) is 6.63. The Morgan fingerprint density at radius 3 is 2.43 bits per heavy atom. The van der Waals surface area contributed by atoms with Crippen LogP contribution in [0.1, 0.15) is 25.5 Å². The van der Waals surface area contributed by atoms with Crippen LogP contribution in [-0.2, 0) is 7.05 Å². The van der Waals surface area contributed by atoms with Gasteiger partial charge in [-0.05, 0) is 13.0 Å². The van der Waals surface area contributed by atoms with Crippen molar-refractivity contribution in [3.8, 4) is 0 Å². The van der Waals surface area contributed by atoms with E-state index in [1.807, 2.05) is 27.8 Å². The lowest BCUT2D eigenvalue weighted by atomic mass is 10.4. The lowest BCUT2D eigenvalue weighted by Gasteiger charge is -1.92. The van der Waals surface area contributed by atoms with Crippen LogP contribution in [0, 0.1) is 6.92 Å². The molecule has 0 saturated carbocycles. The van der Waals surface area contributed by atoms with Gasteiger partial charge in [-0.3, -0.25) is 0 Å². The van der Waals surface area contributed by atoms with E-state index in [2.05, 4.69) is 16.7 Å². The van der Waals surface area contributed by atoms with Crippen LogP contribution in [0.4, 0.5) is 0 Å². The Balaban J connectivity index is 0.000000791. The number of hydrogen-bond donors (Lipinski definition) is 1. The van der Waals surface area contributed by atoms with Gasteiger partial charge in [0.2, 0.25) is 0 Å². The molecular weight excluding hydrogens is 176 g/mol. The highest BCUT2D eigenvalue weighted by Crippen LogP contribution is 2.00. The van der Waals surface area contributed by atoms with Crippen LogP contribution in [0.3, 0.4) is 0 Å². The average Bonchev–Trinajstić information content (AvgIpc) is 2.48. The van der Waals surface area contributed by atoms with Crippen molar-refractivity contribution < 1.29 is 0 Å². The molecule has 4 nitrogen and oxygen atoms in total. The highest BCUT2D eigenvalue weighted by molar-refractivity contribution is 5.47. The quantitative estimate of drug-likeness (QED) is 0.728. The van der Waals surface area contributed by atoms with E-state index in [9.17, 15) is 0 Å². The predicted octanol–water partition coefficient (Wildman–Crippen LogP) is 1.64. The predicted molar refractivity (Wildman–Crippen MR) is 59.4 cm³/mol. The fourth-order valence-electron chi connectivity index (χ4n) is 0.862. The SMILES string of the molecule is C=C/C(N)=C\c1nc(C)nn1C.CC. The largest absolute Gasteiger partial charge is 0.399 e. The van der Waals surface area contributed by atoms with Crippen molar-refractivity contribution >= 4 is 6.08 Å². The van der Waals surface area contributed by atoms with Crippen molar-refractivity contribution in [2.75, 3.05) is 0 Å². The van der Waals surface area contributed by atoms with E-state index in [0.717, 1.165) is 11.6 Å². The van der Waals surface area contributed by atoms with Crippen LogP contribution in [0.15, 0.2) is 18.4 Å². The molecule has 0 fully saturated rings. The third-order valence-electron chi connectivity index (χ3n) is 1.43. The number of nitrogens with two attached hydrogens (primary N) is 1. The van der Waals surface area contributed by atoms with Gasteiger partial charge in [0.05, 0.1) is 0 Å². The van der Waals surface area contributed by atoms with Gasteiger partial charge < -0.3 is 5.73 Å². The maximum atomic E-state index is 5.55. The third-order valence-corrected chi connectivity index (χ3v) is 1.43. The summed E-state index contributed by atoms with van der Waals surface area (Å²) in [6, 6.07) is 0. The lowest BCUT2D eigenvalue weighted by Crippen LogP contribution is -1.97. The highest BCUT2D eigenvalue weighted by Gasteiger charge is 1.99. The molecule has 0 amide bonds. The monoisotopic (exact) mass is 194 g/mol. The van der Waals surface area contributed by atoms with Crippen LogP contribution in [0.25, 0.3) is 6.08 Å². The second kappa shape index (κ2) is 5.96. The van der Waals surface area contributed by atoms with E-state index in [-0.39, 0.29) is 0 Å². The van der Waals surface area contributed by atoms with E-state index < -0.39 is 0 Å². The summed E-state index contributed by atoms with van der Waals surface area (Å²) in [6.45, 7) is 9.38. The number of nitrogens with zero attached hydrogens (tertiary/aromatic N) is 3. The summed E-state index contributed by atoms with van der Waals surface area (Å²) in [5, 5.41) is 4.07. The Morgan fingerprint density at radius 2 is 2.07 bits per heavy atom. The molecule has 0 radical (unpaired) electrons. The van der Waals surface area contributed by atoms with Crippen LogP contribution >= 0.6 is 0 Å². The molecule has 1 aromatic rings. The summed E-state index contributed by atoms with van der Waals surface area (Å²) >= 11 is 0. The summed E-state index contributed by atoms with van der Waals surface area (Å²) in [5.41, 5.74) is 6.13. The van der Waals surface area contributed by atoms with Crippen molar-refractivity contribution in [3.05, 3.63) is 30.0 Å². The van der Waals surface area contributed by atoms with Gasteiger partial charge in [-0.15, -0.1) is 0 Å². The van der Waals surface area contributed by atoms with E-state index in [0.29, 0.717) is 5.70 Å². The summed E-state index contributed by atoms with van der Waals surface area (Å²) in [6.07, 6.45) is 3.30. The Labute approximate surface area is 85.1 Å². The molecule has 2 N–H and O–H groups in total. The van der Waals surface area contributed by atoms with Crippen LogP contribution in [-0.4, -0.2) is 14.8 Å². The molecule has 0 aliphatic rings. The van der Waals surface area contributed by atoms with Gasteiger partial charge in [-0.2, -0.15) is 5.10 Å². The van der Waals surface area contributed by atoms with Gasteiger partial charge >= 0.3 is 0 Å². The molecule has 1 heterocycles. The molecule has 4 heteroatoms. The second-order valence-electron chi connectivity index (χ2n) is 2.49. The maximum Gasteiger partial charge on any atom is 0.152 e. The Morgan fingerprint density at radius 1 is 1.50 bits per heavy atom. The highest BCUT2D eigenvalue weighted by atomic mass is 15.3. The number of hydrogen-bond acceptors (Lipinski definition) is 3. The molecule has 0 bridgehead atoms. The van der Waals surface area contributed by atoms with Crippen molar-refractivity contribution in [2.45, 2.75) is 20.8 Å². The minimum absolute atomic E-state index is 0.588. The zero-order valence-electron chi connectivity index (χ0n) is 9.28. The molecule has 14 heavy (non-hydrogen) atoms. The first kappa shape index (κ1) is 12.4. The third kappa shape index (κ3) is 3.43. The Bertz CT molecular complexity index is 323. The average molecular weight is 194 g/mol. The summed E-state index contributed by atoms with van der Waals surface area (Å²) in [7, 11) is 1.82. The number of aryl methyl sites for hydroxylation is 2. The first-order valence-corrected chi connectivity index (χ1v) is 4.60. The summed E-state index contributed by atoms with van der Waals surface area (Å²) < 4.78 is 1.67. The van der Waals surface area contributed by atoms with E-state index in [1.165, 1.54) is 0 Å². The molecule has 0 atom stereocenters. The summed E-state index contributed by atoms with van der Waals surface area (Å²) in [4.78, 5) is 4.15. The van der Waals surface area contributed by atoms with Gasteiger partial charge in [0.25, 0.3) is 0 Å². The second-order valence-corrected chi connectivity index (χ2v) is 2.49. The normalized spacial score (nSPS) is 10.4. The molecule has 0 aromatic carbocycles. The molecular formula is C10H18N4. The van der Waals surface area contributed by atoms with E-state index in [4.69, 9.17) is 5.73 Å². The number of aromatic nitrogens is 3. The van der Waals surface area contributed by atoms with Gasteiger partial charge in [0, 0.05) is 18.8 Å². The Kier molecular flexibility index (Phi) is 5.29. The fraction of sp³-hybridized carbons (Fsp3) is 0.400. The molecule has 0 spiro atoms. The number of allylic oxidation sites excluding steroid dienone is 1. The minimum atomic E-state index is 0.588. The zero-order chi connectivity index (χ0) is 11.1. The van der Waals surface area contributed by atoms with Crippen LogP contribution < -0.4 is 5.73 Å². The maximum absolute atomic E-state index is 5.55. The lowest BCUT2D eigenvalue weighted by molar-refractivity contribution is 0.747. The molecule has 0 saturated heterocycles. The van der Waals surface area contributed by atoms with Crippen molar-refractivity contribution in [3.63, 3.8) is 0 Å². The van der Waals surface area contributed by atoms with E-state index >= 15 is 0 Å². The Hall–Kier alpha value is -1.58. The van der Waals surface area contributed by atoms with Crippen molar-refractivity contribution in [1.29, 1.82) is 0 Å². The number of rotatable bonds is 2.